The Labute approximate surface area is 170 Å². The lowest BCUT2D eigenvalue weighted by atomic mass is 9.60. The molecule has 1 saturated heterocycles. The molecule has 2 aliphatic rings. The summed E-state index contributed by atoms with van der Waals surface area (Å²) in [6.45, 7) is 7.07. The zero-order chi connectivity index (χ0) is 20.6. The maximum absolute atomic E-state index is 12.8. The molecule has 1 amide bonds. The molecule has 7 heteroatoms. The summed E-state index contributed by atoms with van der Waals surface area (Å²) >= 11 is 0. The summed E-state index contributed by atoms with van der Waals surface area (Å²) < 4.78 is 10.7. The molecule has 1 aliphatic carbocycles. The number of esters is 1. The van der Waals surface area contributed by atoms with Gasteiger partial charge in [-0.15, -0.1) is 0 Å². The number of hydrogen-bond acceptors (Lipinski definition) is 6. The van der Waals surface area contributed by atoms with Crippen LogP contribution in [0, 0.1) is 11.3 Å². The van der Waals surface area contributed by atoms with Gasteiger partial charge in [0.1, 0.15) is 11.3 Å². The molecule has 154 valence electrons. The predicted molar refractivity (Wildman–Crippen MR) is 106 cm³/mol. The van der Waals surface area contributed by atoms with Gasteiger partial charge in [0.05, 0.1) is 5.69 Å². The first-order chi connectivity index (χ1) is 13.7. The summed E-state index contributed by atoms with van der Waals surface area (Å²) in [6, 6.07) is 7.18. The van der Waals surface area contributed by atoms with Crippen molar-refractivity contribution >= 4 is 11.9 Å². The van der Waals surface area contributed by atoms with Crippen LogP contribution in [0.1, 0.15) is 57.0 Å². The molecular weight excluding hydrogens is 370 g/mol. The van der Waals surface area contributed by atoms with Gasteiger partial charge in [0, 0.05) is 31.8 Å². The standard InChI is InChI=1S/C22H27N3O4/c1-21(2,3)28-19(26)10-15-12-22(13-15)7-9-25(14-22)20(27)18-11-17(24-29-18)16-6-4-5-8-23-16/h4-6,8,11,15H,7,9-10,12-14H2,1-3H3. The molecule has 0 N–H and O–H groups in total. The predicted octanol–water partition coefficient (Wildman–Crippen LogP) is 3.71. The molecule has 0 unspecified atom stereocenters. The van der Waals surface area contributed by atoms with E-state index in [1.54, 1.807) is 12.3 Å². The van der Waals surface area contributed by atoms with Gasteiger partial charge in [-0.1, -0.05) is 11.2 Å². The normalized spacial score (nSPS) is 23.8. The van der Waals surface area contributed by atoms with E-state index < -0.39 is 5.60 Å². The molecule has 0 atom stereocenters. The number of rotatable bonds is 4. The van der Waals surface area contributed by atoms with Gasteiger partial charge in [-0.25, -0.2) is 0 Å². The Hall–Kier alpha value is -2.70. The van der Waals surface area contributed by atoms with Crippen LogP contribution < -0.4 is 0 Å². The van der Waals surface area contributed by atoms with Crippen molar-refractivity contribution in [3.63, 3.8) is 0 Å². The number of hydrogen-bond donors (Lipinski definition) is 0. The van der Waals surface area contributed by atoms with E-state index in [4.69, 9.17) is 9.26 Å². The highest BCUT2D eigenvalue weighted by Gasteiger charge is 2.50. The van der Waals surface area contributed by atoms with Crippen molar-refractivity contribution in [1.29, 1.82) is 0 Å². The maximum atomic E-state index is 12.8. The average molecular weight is 397 g/mol. The minimum Gasteiger partial charge on any atom is -0.460 e. The lowest BCUT2D eigenvalue weighted by molar-refractivity contribution is -0.157. The van der Waals surface area contributed by atoms with E-state index in [-0.39, 0.29) is 23.1 Å². The number of aromatic nitrogens is 2. The van der Waals surface area contributed by atoms with Gasteiger partial charge in [0.25, 0.3) is 5.91 Å². The lowest BCUT2D eigenvalue weighted by Crippen LogP contribution is -2.42. The molecule has 0 bridgehead atoms. The molecule has 0 aromatic carbocycles. The summed E-state index contributed by atoms with van der Waals surface area (Å²) in [6.07, 6.45) is 5.03. The van der Waals surface area contributed by atoms with E-state index in [1.165, 1.54) is 0 Å². The van der Waals surface area contributed by atoms with Gasteiger partial charge in [-0.3, -0.25) is 14.6 Å². The lowest BCUT2D eigenvalue weighted by Gasteiger charge is -2.45. The third-order valence-electron chi connectivity index (χ3n) is 5.69. The molecule has 1 aliphatic heterocycles. The van der Waals surface area contributed by atoms with Gasteiger partial charge < -0.3 is 14.2 Å². The summed E-state index contributed by atoms with van der Waals surface area (Å²) in [5, 5.41) is 3.99. The van der Waals surface area contributed by atoms with Gasteiger partial charge in [0.15, 0.2) is 0 Å². The molecule has 2 aromatic heterocycles. The van der Waals surface area contributed by atoms with Crippen molar-refractivity contribution in [2.24, 2.45) is 11.3 Å². The molecular formula is C22H27N3O4. The minimum absolute atomic E-state index is 0.131. The van der Waals surface area contributed by atoms with Crippen LogP contribution in [-0.4, -0.2) is 45.6 Å². The van der Waals surface area contributed by atoms with Crippen molar-refractivity contribution in [2.45, 2.75) is 52.1 Å². The molecule has 1 saturated carbocycles. The van der Waals surface area contributed by atoms with E-state index in [0.29, 0.717) is 36.8 Å². The van der Waals surface area contributed by atoms with Crippen LogP contribution in [0.4, 0.5) is 0 Å². The van der Waals surface area contributed by atoms with Crippen LogP contribution in [0.2, 0.25) is 0 Å². The zero-order valence-electron chi connectivity index (χ0n) is 17.2. The van der Waals surface area contributed by atoms with E-state index in [9.17, 15) is 9.59 Å². The smallest absolute Gasteiger partial charge is 0.306 e. The number of amides is 1. The Kier molecular flexibility index (Phi) is 4.92. The van der Waals surface area contributed by atoms with Crippen LogP contribution in [0.25, 0.3) is 11.4 Å². The summed E-state index contributed by atoms with van der Waals surface area (Å²) in [5.74, 6) is 0.326. The zero-order valence-corrected chi connectivity index (χ0v) is 17.2. The Morgan fingerprint density at radius 1 is 1.28 bits per heavy atom. The second-order valence-electron chi connectivity index (χ2n) is 9.33. The fourth-order valence-electron chi connectivity index (χ4n) is 4.54. The second-order valence-corrected chi connectivity index (χ2v) is 9.33. The van der Waals surface area contributed by atoms with E-state index in [2.05, 4.69) is 10.1 Å². The van der Waals surface area contributed by atoms with Crippen molar-refractivity contribution < 1.29 is 18.8 Å². The molecule has 1 spiro atoms. The number of pyridine rings is 1. The molecule has 29 heavy (non-hydrogen) atoms. The third kappa shape index (κ3) is 4.33. The highest BCUT2D eigenvalue weighted by Crippen LogP contribution is 2.53. The quantitative estimate of drug-likeness (QED) is 0.731. The number of carbonyl (C=O) groups is 2. The highest BCUT2D eigenvalue weighted by molar-refractivity contribution is 5.92. The number of ether oxygens (including phenoxy) is 1. The average Bonchev–Trinajstić information content (AvgIpc) is 3.28. The van der Waals surface area contributed by atoms with E-state index in [0.717, 1.165) is 19.3 Å². The van der Waals surface area contributed by atoms with Crippen LogP contribution in [0.3, 0.4) is 0 Å². The molecule has 0 radical (unpaired) electrons. The fraction of sp³-hybridized carbons (Fsp3) is 0.545. The third-order valence-corrected chi connectivity index (χ3v) is 5.69. The molecule has 2 fully saturated rings. The number of carbonyl (C=O) groups excluding carboxylic acids is 2. The van der Waals surface area contributed by atoms with Gasteiger partial charge in [0.2, 0.25) is 5.76 Å². The molecule has 7 nitrogen and oxygen atoms in total. The molecule has 4 rings (SSSR count). The SMILES string of the molecule is CC(C)(C)OC(=O)CC1CC2(CCN(C(=O)c3cc(-c4ccccn4)no3)C2)C1. The van der Waals surface area contributed by atoms with Crippen molar-refractivity contribution in [2.75, 3.05) is 13.1 Å². The first kappa shape index (κ1) is 19.6. The topological polar surface area (TPSA) is 85.5 Å². The molecule has 2 aromatic rings. The largest absolute Gasteiger partial charge is 0.460 e. The first-order valence-electron chi connectivity index (χ1n) is 10.1. The molecule has 3 heterocycles. The van der Waals surface area contributed by atoms with Gasteiger partial charge >= 0.3 is 5.97 Å². The second kappa shape index (κ2) is 7.28. The Morgan fingerprint density at radius 3 is 2.76 bits per heavy atom. The highest BCUT2D eigenvalue weighted by atomic mass is 16.6. The summed E-state index contributed by atoms with van der Waals surface area (Å²) in [5.41, 5.74) is 0.924. The van der Waals surface area contributed by atoms with E-state index in [1.807, 2.05) is 43.9 Å². The van der Waals surface area contributed by atoms with Gasteiger partial charge in [-0.2, -0.15) is 0 Å². The Bertz CT molecular complexity index is 894. The summed E-state index contributed by atoms with van der Waals surface area (Å²) in [7, 11) is 0. The fourth-order valence-corrected chi connectivity index (χ4v) is 4.54. The Balaban J connectivity index is 1.31. The van der Waals surface area contributed by atoms with E-state index >= 15 is 0 Å². The van der Waals surface area contributed by atoms with Crippen molar-refractivity contribution in [3.05, 3.63) is 36.2 Å². The van der Waals surface area contributed by atoms with Gasteiger partial charge in [-0.05, 0) is 63.5 Å². The van der Waals surface area contributed by atoms with Crippen LogP contribution in [0.15, 0.2) is 35.0 Å². The minimum atomic E-state index is -0.444. The van der Waals surface area contributed by atoms with Crippen LogP contribution in [-0.2, 0) is 9.53 Å². The maximum Gasteiger partial charge on any atom is 0.306 e. The summed E-state index contributed by atoms with van der Waals surface area (Å²) in [4.78, 5) is 30.9. The van der Waals surface area contributed by atoms with Crippen LogP contribution >= 0.6 is 0 Å². The first-order valence-corrected chi connectivity index (χ1v) is 10.1. The van der Waals surface area contributed by atoms with Crippen molar-refractivity contribution in [1.82, 2.24) is 15.0 Å². The Morgan fingerprint density at radius 2 is 2.07 bits per heavy atom. The van der Waals surface area contributed by atoms with Crippen LogP contribution in [0.5, 0.6) is 0 Å². The number of nitrogens with zero attached hydrogens (tertiary/aromatic N) is 3. The monoisotopic (exact) mass is 397 g/mol. The van der Waals surface area contributed by atoms with Crippen molar-refractivity contribution in [3.8, 4) is 11.4 Å². The number of likely N-dealkylation sites (tertiary alicyclic amines) is 1.